The van der Waals surface area contributed by atoms with Crippen LogP contribution >= 0.6 is 0 Å². The fourth-order valence-electron chi connectivity index (χ4n) is 6.49. The van der Waals surface area contributed by atoms with Crippen LogP contribution in [0.1, 0.15) is 38.5 Å². The molecule has 2 aromatic carbocycles. The second-order valence-electron chi connectivity index (χ2n) is 9.95. The van der Waals surface area contributed by atoms with E-state index in [-0.39, 0.29) is 26.8 Å². The molecular weight excluding hydrogens is 476 g/mol. The Hall–Kier alpha value is -2.30. The van der Waals surface area contributed by atoms with Crippen molar-refractivity contribution in [2.24, 2.45) is 17.8 Å². The summed E-state index contributed by atoms with van der Waals surface area (Å²) >= 11 is 0. The molecule has 2 aromatic rings. The molecule has 0 atom stereocenters. The van der Waals surface area contributed by atoms with E-state index in [0.717, 1.165) is 19.3 Å². The minimum absolute atomic E-state index is 0.0745. The molecule has 0 heterocycles. The number of methoxy groups -OCH3 is 2. The Morgan fingerprint density at radius 2 is 1.38 bits per heavy atom. The third-order valence-electron chi connectivity index (χ3n) is 7.47. The van der Waals surface area contributed by atoms with Gasteiger partial charge in [-0.2, -0.15) is 0 Å². The quantitative estimate of drug-likeness (QED) is 0.564. The highest BCUT2D eigenvalue weighted by molar-refractivity contribution is 7.92. The zero-order valence-electron chi connectivity index (χ0n) is 19.3. The average molecular weight is 507 g/mol. The zero-order valence-corrected chi connectivity index (χ0v) is 20.9. The maximum absolute atomic E-state index is 13.2. The molecule has 0 saturated heterocycles. The van der Waals surface area contributed by atoms with Crippen LogP contribution < -0.4 is 18.9 Å². The number of hydrogen-bond donors (Lipinski definition) is 2. The molecule has 0 unspecified atom stereocenters. The topological polar surface area (TPSA) is 111 Å². The van der Waals surface area contributed by atoms with Gasteiger partial charge in [-0.3, -0.25) is 4.72 Å². The minimum atomic E-state index is -3.99. The summed E-state index contributed by atoms with van der Waals surface area (Å²) in [4.78, 5) is 0.0553. The molecule has 0 radical (unpaired) electrons. The maximum atomic E-state index is 13.2. The van der Waals surface area contributed by atoms with Gasteiger partial charge in [-0.05, 0) is 92.7 Å². The lowest BCUT2D eigenvalue weighted by Crippen LogP contribution is -2.59. The number of hydrogen-bond acceptors (Lipinski definition) is 6. The number of anilines is 1. The molecule has 0 aromatic heterocycles. The molecule has 4 aliphatic carbocycles. The first-order chi connectivity index (χ1) is 16.1. The minimum Gasteiger partial charge on any atom is -0.497 e. The van der Waals surface area contributed by atoms with Gasteiger partial charge in [-0.25, -0.2) is 21.6 Å². The first kappa shape index (κ1) is 23.4. The van der Waals surface area contributed by atoms with Crippen LogP contribution in [0.25, 0.3) is 0 Å². The summed E-state index contributed by atoms with van der Waals surface area (Å²) in [5.74, 6) is 2.42. The van der Waals surface area contributed by atoms with Gasteiger partial charge in [-0.15, -0.1) is 0 Å². The Balaban J connectivity index is 1.34. The number of nitrogens with one attached hydrogen (secondary N) is 2. The number of ether oxygens (including phenoxy) is 2. The lowest BCUT2D eigenvalue weighted by atomic mass is 9.53. The van der Waals surface area contributed by atoms with E-state index in [0.29, 0.717) is 23.5 Å². The summed E-state index contributed by atoms with van der Waals surface area (Å²) in [6.45, 7) is 0. The van der Waals surface area contributed by atoms with Crippen molar-refractivity contribution < 1.29 is 26.3 Å². The largest absolute Gasteiger partial charge is 0.497 e. The summed E-state index contributed by atoms with van der Waals surface area (Å²) in [5.41, 5.74) is -0.0878. The number of benzene rings is 2. The maximum Gasteiger partial charge on any atom is 0.265 e. The van der Waals surface area contributed by atoms with Crippen molar-refractivity contribution in [1.29, 1.82) is 0 Å². The van der Waals surface area contributed by atoms with Crippen molar-refractivity contribution in [2.45, 2.75) is 53.9 Å². The van der Waals surface area contributed by atoms with E-state index >= 15 is 0 Å². The predicted octanol–water partition coefficient (Wildman–Crippen LogP) is 3.75. The summed E-state index contributed by atoms with van der Waals surface area (Å²) in [6, 6.07) is 10.3. The molecule has 2 N–H and O–H groups in total. The molecule has 0 aliphatic heterocycles. The van der Waals surface area contributed by atoms with E-state index < -0.39 is 20.0 Å². The Morgan fingerprint density at radius 3 is 1.91 bits per heavy atom. The summed E-state index contributed by atoms with van der Waals surface area (Å²) in [6.07, 6.45) is 6.44. The predicted molar refractivity (Wildman–Crippen MR) is 128 cm³/mol. The van der Waals surface area contributed by atoms with Crippen LogP contribution in [-0.4, -0.2) is 36.6 Å². The van der Waals surface area contributed by atoms with Crippen LogP contribution in [0, 0.1) is 17.8 Å². The number of sulfonamides is 2. The highest BCUT2D eigenvalue weighted by Crippen LogP contribution is 2.56. The van der Waals surface area contributed by atoms with Crippen LogP contribution in [0.2, 0.25) is 0 Å². The molecule has 4 fully saturated rings. The lowest BCUT2D eigenvalue weighted by molar-refractivity contribution is -0.00810. The molecule has 4 bridgehead atoms. The fourth-order valence-corrected chi connectivity index (χ4v) is 9.16. The first-order valence-electron chi connectivity index (χ1n) is 11.5. The van der Waals surface area contributed by atoms with Gasteiger partial charge in [-0.1, -0.05) is 0 Å². The molecule has 184 valence electrons. The molecule has 0 amide bonds. The molecule has 8 nitrogen and oxygen atoms in total. The highest BCUT2D eigenvalue weighted by atomic mass is 32.2. The van der Waals surface area contributed by atoms with Crippen molar-refractivity contribution in [2.75, 3.05) is 18.9 Å². The average Bonchev–Trinajstić information content (AvgIpc) is 2.77. The van der Waals surface area contributed by atoms with Gasteiger partial charge in [0.05, 0.1) is 19.1 Å². The van der Waals surface area contributed by atoms with Crippen molar-refractivity contribution in [1.82, 2.24) is 4.72 Å². The van der Waals surface area contributed by atoms with Crippen molar-refractivity contribution in [3.05, 3.63) is 42.5 Å². The molecule has 4 saturated carbocycles. The fraction of sp³-hybridized carbons (Fsp3) is 0.500. The molecule has 4 aliphatic rings. The van der Waals surface area contributed by atoms with Crippen molar-refractivity contribution >= 4 is 25.7 Å². The monoisotopic (exact) mass is 506 g/mol. The smallest absolute Gasteiger partial charge is 0.265 e. The van der Waals surface area contributed by atoms with Crippen molar-refractivity contribution in [3.63, 3.8) is 0 Å². The Morgan fingerprint density at radius 1 is 0.794 bits per heavy atom. The first-order valence-corrected chi connectivity index (χ1v) is 14.5. The Bertz CT molecular complexity index is 1250. The van der Waals surface area contributed by atoms with Gasteiger partial charge in [0.15, 0.2) is 0 Å². The van der Waals surface area contributed by atoms with E-state index in [2.05, 4.69) is 9.44 Å². The van der Waals surface area contributed by atoms with Crippen LogP contribution in [0.4, 0.5) is 5.69 Å². The van der Waals surface area contributed by atoms with Gasteiger partial charge < -0.3 is 9.47 Å². The Kier molecular flexibility index (Phi) is 5.81. The highest BCUT2D eigenvalue weighted by Gasteiger charge is 2.52. The third-order valence-corrected chi connectivity index (χ3v) is 10.5. The lowest BCUT2D eigenvalue weighted by Gasteiger charge is -2.56. The van der Waals surface area contributed by atoms with Crippen LogP contribution in [0.3, 0.4) is 0 Å². The standard InChI is InChI=1S/C24H30N2O6S2/c1-31-20-5-8-22(32-2)23(12-20)34(29,30)25-19-3-6-21(7-4-19)33(27,28)26-24-13-16-9-17(14-24)11-18(10-16)15-24/h3-8,12,16-18,25-26H,9-11,13-15H2,1-2H3. The normalized spacial score (nSPS) is 28.0. The molecule has 0 spiro atoms. The van der Waals surface area contributed by atoms with Gasteiger partial charge in [0, 0.05) is 17.3 Å². The van der Waals surface area contributed by atoms with E-state index in [1.165, 1.54) is 69.9 Å². The molecule has 10 heteroatoms. The van der Waals surface area contributed by atoms with Crippen LogP contribution in [0.5, 0.6) is 11.5 Å². The SMILES string of the molecule is COc1ccc(OC)c(S(=O)(=O)Nc2ccc(S(=O)(=O)NC34CC5CC(CC(C5)C3)C4)cc2)c1. The van der Waals surface area contributed by atoms with Gasteiger partial charge in [0.2, 0.25) is 10.0 Å². The van der Waals surface area contributed by atoms with Gasteiger partial charge in [0.1, 0.15) is 16.4 Å². The second-order valence-corrected chi connectivity index (χ2v) is 13.3. The molecule has 34 heavy (non-hydrogen) atoms. The summed E-state index contributed by atoms with van der Waals surface area (Å²) in [7, 11) is -4.88. The van der Waals surface area contributed by atoms with E-state index in [1.807, 2.05) is 0 Å². The van der Waals surface area contributed by atoms with Crippen molar-refractivity contribution in [3.8, 4) is 11.5 Å². The van der Waals surface area contributed by atoms with Crippen LogP contribution in [-0.2, 0) is 20.0 Å². The van der Waals surface area contributed by atoms with Gasteiger partial charge >= 0.3 is 0 Å². The van der Waals surface area contributed by atoms with Gasteiger partial charge in [0.25, 0.3) is 10.0 Å². The van der Waals surface area contributed by atoms with Crippen LogP contribution in [0.15, 0.2) is 52.3 Å². The third kappa shape index (κ3) is 4.38. The summed E-state index contributed by atoms with van der Waals surface area (Å²) < 4.78 is 68.2. The second kappa shape index (κ2) is 8.42. The van der Waals surface area contributed by atoms with E-state index in [4.69, 9.17) is 9.47 Å². The molecular formula is C24H30N2O6S2. The number of rotatable bonds is 8. The summed E-state index contributed by atoms with van der Waals surface area (Å²) in [5, 5.41) is 0. The zero-order chi connectivity index (χ0) is 24.1. The van der Waals surface area contributed by atoms with E-state index in [1.54, 1.807) is 6.07 Å². The molecule has 6 rings (SSSR count). The van der Waals surface area contributed by atoms with E-state index in [9.17, 15) is 16.8 Å². The Labute approximate surface area is 201 Å².